The number of benzene rings is 1. The minimum Gasteiger partial charge on any atom is -0.333 e. The van der Waals surface area contributed by atoms with Crippen LogP contribution >= 0.6 is 0 Å². The second-order valence-electron chi connectivity index (χ2n) is 3.42. The number of nitrogens with zero attached hydrogens (tertiary/aromatic N) is 4. The van der Waals surface area contributed by atoms with E-state index in [0.717, 1.165) is 18.2 Å². The van der Waals surface area contributed by atoms with Gasteiger partial charge in [-0.2, -0.15) is 10.1 Å². The van der Waals surface area contributed by atoms with Crippen molar-refractivity contribution >= 4 is 0 Å². The molecule has 0 fully saturated rings. The second-order valence-corrected chi connectivity index (χ2v) is 3.42. The number of aromatic nitrogens is 5. The van der Waals surface area contributed by atoms with Gasteiger partial charge in [0, 0.05) is 11.6 Å². The fourth-order valence-corrected chi connectivity index (χ4v) is 1.43. The third-order valence-electron chi connectivity index (χ3n) is 2.16. The summed E-state index contributed by atoms with van der Waals surface area (Å²) in [5, 5.41) is 9.81. The standard InChI is InChI=1S/C10H5F2N5O/c11-6-1-5(2-7(12)3-6)10-15-9(17-18-10)8-13-4-14-16-8/h1-4H,(H,13,14,16). The molecule has 3 rings (SSSR count). The lowest BCUT2D eigenvalue weighted by molar-refractivity contribution is 0.431. The van der Waals surface area contributed by atoms with Crippen LogP contribution in [-0.2, 0) is 0 Å². The van der Waals surface area contributed by atoms with Crippen LogP contribution in [0, 0.1) is 11.6 Å². The number of halogens is 2. The van der Waals surface area contributed by atoms with Crippen molar-refractivity contribution in [1.29, 1.82) is 0 Å². The maximum absolute atomic E-state index is 13.0. The molecule has 0 spiro atoms. The first kappa shape index (κ1) is 10.5. The summed E-state index contributed by atoms with van der Waals surface area (Å²) in [6.45, 7) is 0. The first-order valence-corrected chi connectivity index (χ1v) is 4.88. The molecule has 0 aliphatic carbocycles. The van der Waals surface area contributed by atoms with Gasteiger partial charge in [-0.05, 0) is 12.1 Å². The van der Waals surface area contributed by atoms with Crippen molar-refractivity contribution < 1.29 is 13.3 Å². The van der Waals surface area contributed by atoms with Gasteiger partial charge >= 0.3 is 0 Å². The average molecular weight is 249 g/mol. The van der Waals surface area contributed by atoms with Crippen molar-refractivity contribution in [3.8, 4) is 23.1 Å². The van der Waals surface area contributed by atoms with E-state index < -0.39 is 11.6 Å². The molecule has 0 radical (unpaired) electrons. The van der Waals surface area contributed by atoms with E-state index in [0.29, 0.717) is 5.82 Å². The zero-order chi connectivity index (χ0) is 12.5. The third-order valence-corrected chi connectivity index (χ3v) is 2.16. The van der Waals surface area contributed by atoms with Crippen molar-refractivity contribution in [1.82, 2.24) is 25.3 Å². The molecule has 0 aliphatic rings. The Hall–Kier alpha value is -2.64. The lowest BCUT2D eigenvalue weighted by Crippen LogP contribution is -1.85. The highest BCUT2D eigenvalue weighted by Crippen LogP contribution is 2.21. The molecule has 2 aromatic heterocycles. The predicted octanol–water partition coefficient (Wildman–Crippen LogP) is 1.80. The lowest BCUT2D eigenvalue weighted by atomic mass is 10.2. The fraction of sp³-hybridized carbons (Fsp3) is 0. The third kappa shape index (κ3) is 1.83. The van der Waals surface area contributed by atoms with Crippen LogP contribution < -0.4 is 0 Å². The molecular formula is C10H5F2N5O. The van der Waals surface area contributed by atoms with Gasteiger partial charge in [0.25, 0.3) is 5.89 Å². The molecule has 8 heteroatoms. The zero-order valence-electron chi connectivity index (χ0n) is 8.76. The predicted molar refractivity (Wildman–Crippen MR) is 55.0 cm³/mol. The summed E-state index contributed by atoms with van der Waals surface area (Å²) in [5.74, 6) is -0.970. The Morgan fingerprint density at radius 1 is 1.11 bits per heavy atom. The van der Waals surface area contributed by atoms with Crippen LogP contribution in [0.2, 0.25) is 0 Å². The van der Waals surface area contributed by atoms with Crippen molar-refractivity contribution in [2.75, 3.05) is 0 Å². The van der Waals surface area contributed by atoms with Gasteiger partial charge in [0.2, 0.25) is 5.82 Å². The Morgan fingerprint density at radius 2 is 1.89 bits per heavy atom. The molecule has 18 heavy (non-hydrogen) atoms. The summed E-state index contributed by atoms with van der Waals surface area (Å²) in [5.41, 5.74) is 0.158. The smallest absolute Gasteiger partial charge is 0.258 e. The number of aromatic amines is 1. The molecule has 0 saturated heterocycles. The van der Waals surface area contributed by atoms with Crippen LogP contribution in [-0.4, -0.2) is 25.3 Å². The van der Waals surface area contributed by atoms with Gasteiger partial charge < -0.3 is 4.52 Å². The highest BCUT2D eigenvalue weighted by molar-refractivity contribution is 5.55. The molecule has 1 aromatic carbocycles. The largest absolute Gasteiger partial charge is 0.333 e. The van der Waals surface area contributed by atoms with Crippen LogP contribution in [0.4, 0.5) is 8.78 Å². The Balaban J connectivity index is 2.03. The molecule has 3 aromatic rings. The zero-order valence-corrected chi connectivity index (χ0v) is 8.76. The fourth-order valence-electron chi connectivity index (χ4n) is 1.43. The molecule has 0 saturated carbocycles. The molecule has 6 nitrogen and oxygen atoms in total. The summed E-state index contributed by atoms with van der Waals surface area (Å²) in [6, 6.07) is 2.96. The summed E-state index contributed by atoms with van der Waals surface area (Å²) in [4.78, 5) is 7.79. The molecule has 0 atom stereocenters. The number of hydrogen-bond acceptors (Lipinski definition) is 5. The molecule has 1 N–H and O–H groups in total. The van der Waals surface area contributed by atoms with E-state index in [1.165, 1.54) is 6.33 Å². The van der Waals surface area contributed by atoms with Gasteiger partial charge in [-0.3, -0.25) is 5.10 Å². The van der Waals surface area contributed by atoms with E-state index in [1.807, 2.05) is 0 Å². The van der Waals surface area contributed by atoms with Gasteiger partial charge in [-0.25, -0.2) is 13.8 Å². The van der Waals surface area contributed by atoms with Gasteiger partial charge in [0.05, 0.1) is 0 Å². The van der Waals surface area contributed by atoms with E-state index in [-0.39, 0.29) is 17.3 Å². The van der Waals surface area contributed by atoms with Crippen molar-refractivity contribution in [3.63, 3.8) is 0 Å². The molecule has 0 bridgehead atoms. The molecule has 2 heterocycles. The normalized spacial score (nSPS) is 10.8. The minimum absolute atomic E-state index is 0.000185. The van der Waals surface area contributed by atoms with Gasteiger partial charge in [-0.15, -0.1) is 0 Å². The quantitative estimate of drug-likeness (QED) is 0.748. The summed E-state index contributed by atoms with van der Waals surface area (Å²) >= 11 is 0. The summed E-state index contributed by atoms with van der Waals surface area (Å²) in [7, 11) is 0. The Bertz CT molecular complexity index is 659. The van der Waals surface area contributed by atoms with Crippen LogP contribution in [0.3, 0.4) is 0 Å². The SMILES string of the molecule is Fc1cc(F)cc(-c2nc(-c3ncn[nH]3)no2)c1. The van der Waals surface area contributed by atoms with Crippen molar-refractivity contribution in [2.45, 2.75) is 0 Å². The highest BCUT2D eigenvalue weighted by Gasteiger charge is 2.14. The topological polar surface area (TPSA) is 80.5 Å². The summed E-state index contributed by atoms with van der Waals surface area (Å²) < 4.78 is 31.0. The average Bonchev–Trinajstić information content (AvgIpc) is 2.99. The van der Waals surface area contributed by atoms with Gasteiger partial charge in [0.15, 0.2) is 5.82 Å². The first-order chi connectivity index (χ1) is 8.72. The van der Waals surface area contributed by atoms with Gasteiger partial charge in [0.1, 0.15) is 18.0 Å². The van der Waals surface area contributed by atoms with E-state index in [1.54, 1.807) is 0 Å². The second kappa shape index (κ2) is 3.99. The Labute approximate surface area is 98.7 Å². The molecular weight excluding hydrogens is 244 g/mol. The maximum Gasteiger partial charge on any atom is 0.258 e. The number of H-pyrrole nitrogens is 1. The summed E-state index contributed by atoms with van der Waals surface area (Å²) in [6.07, 6.45) is 1.28. The van der Waals surface area contributed by atoms with E-state index in [2.05, 4.69) is 25.3 Å². The van der Waals surface area contributed by atoms with E-state index in [4.69, 9.17) is 4.52 Å². The lowest BCUT2D eigenvalue weighted by Gasteiger charge is -1.94. The van der Waals surface area contributed by atoms with Crippen LogP contribution in [0.5, 0.6) is 0 Å². The van der Waals surface area contributed by atoms with Crippen LogP contribution in [0.1, 0.15) is 0 Å². The van der Waals surface area contributed by atoms with Crippen molar-refractivity contribution in [3.05, 3.63) is 36.2 Å². The van der Waals surface area contributed by atoms with Gasteiger partial charge in [-0.1, -0.05) is 5.16 Å². The molecule has 90 valence electrons. The van der Waals surface area contributed by atoms with Crippen molar-refractivity contribution in [2.24, 2.45) is 0 Å². The minimum atomic E-state index is -0.718. The first-order valence-electron chi connectivity index (χ1n) is 4.88. The molecule has 0 amide bonds. The Kier molecular flexibility index (Phi) is 2.33. The van der Waals surface area contributed by atoms with E-state index in [9.17, 15) is 8.78 Å². The van der Waals surface area contributed by atoms with Crippen LogP contribution in [0.15, 0.2) is 29.0 Å². The molecule has 0 aliphatic heterocycles. The van der Waals surface area contributed by atoms with E-state index >= 15 is 0 Å². The number of nitrogens with one attached hydrogen (secondary N) is 1. The highest BCUT2D eigenvalue weighted by atomic mass is 19.1. The van der Waals surface area contributed by atoms with Crippen LogP contribution in [0.25, 0.3) is 23.1 Å². The Morgan fingerprint density at radius 3 is 2.56 bits per heavy atom. The maximum atomic E-state index is 13.0. The molecule has 0 unspecified atom stereocenters. The number of rotatable bonds is 2. The number of hydrogen-bond donors (Lipinski definition) is 1. The monoisotopic (exact) mass is 249 g/mol.